The van der Waals surface area contributed by atoms with Crippen molar-refractivity contribution in [1.82, 2.24) is 0 Å². The number of likely N-dealkylation sites (N-methyl/N-ethyl adjacent to an activating group) is 1. The fourth-order valence-electron chi connectivity index (χ4n) is 12.1. The molecule has 0 N–H and O–H groups in total. The van der Waals surface area contributed by atoms with Crippen molar-refractivity contribution in [3.63, 3.8) is 0 Å². The number of carboxylic acid groups (broad SMARTS) is 1. The summed E-state index contributed by atoms with van der Waals surface area (Å²) in [6, 6.07) is 0. The second kappa shape index (κ2) is 74.8. The smallest absolute Gasteiger partial charge is 0.306 e. The molecule has 0 aliphatic rings. The molecule has 0 fully saturated rings. The monoisotopic (exact) mass is 1310 g/mol. The van der Waals surface area contributed by atoms with Gasteiger partial charge in [-0.3, -0.25) is 9.59 Å². The predicted molar refractivity (Wildman–Crippen MR) is 399 cm³/mol. The largest absolute Gasteiger partial charge is 0.545 e. The Morgan fingerprint density at radius 1 is 0.333 bits per heavy atom. The molecule has 9 nitrogen and oxygen atoms in total. The van der Waals surface area contributed by atoms with Crippen molar-refractivity contribution in [3.8, 4) is 0 Å². The molecule has 0 aromatic carbocycles. The maximum atomic E-state index is 13.0. The SMILES string of the molecule is CC/C=C\C/C=C\C/C=C\C/C=C\CCCCCCCCCCCCCCCCCCCCCCCCCCCCC(=O)OC(COC(=O)CCCCCCCCCCCCCCCCCCC/C=C\CCCCCCCCCC)COC(OCC[N+](C)(C)C)C(=O)[O-]. The summed E-state index contributed by atoms with van der Waals surface area (Å²) in [7, 11) is 5.95. The Hall–Kier alpha value is -3.01. The van der Waals surface area contributed by atoms with Crippen LogP contribution in [0.15, 0.2) is 60.8 Å². The number of allylic oxidation sites excluding steroid dienone is 10. The van der Waals surface area contributed by atoms with E-state index in [1.165, 1.54) is 308 Å². The molecule has 0 aromatic rings. The molecule has 0 aliphatic heterocycles. The van der Waals surface area contributed by atoms with Gasteiger partial charge in [0.25, 0.3) is 0 Å². The van der Waals surface area contributed by atoms with Gasteiger partial charge in [0.15, 0.2) is 12.4 Å². The van der Waals surface area contributed by atoms with Crippen LogP contribution in [-0.2, 0) is 33.3 Å². The number of carbonyl (C=O) groups is 3. The van der Waals surface area contributed by atoms with Crippen molar-refractivity contribution in [3.05, 3.63) is 60.8 Å². The van der Waals surface area contributed by atoms with Gasteiger partial charge in [0.05, 0.1) is 40.3 Å². The Kier molecular flexibility index (Phi) is 72.4. The first-order valence-corrected chi connectivity index (χ1v) is 40.4. The second-order valence-corrected chi connectivity index (χ2v) is 28.7. The number of carbonyl (C=O) groups excluding carboxylic acids is 3. The number of hydrogen-bond donors (Lipinski definition) is 0. The Balaban J connectivity index is 3.95. The third kappa shape index (κ3) is 76.2. The standard InChI is InChI=1S/C84H155NO8/c1-6-8-10-12-14-16-18-20-22-24-26-28-30-32-34-36-37-38-39-40-41-42-43-44-45-47-49-51-53-55-57-59-61-63-65-67-69-71-73-75-82(87)93-80(79-92-84(83(88)89)90-77-76-85(3,4)5)78-91-81(86)74-72-70-68-66-64-62-60-58-56-54-52-50-48-46-35-33-31-29-27-25-23-21-19-17-15-13-11-9-7-2/h8,10,14,16,20,22,25-28,80,84H,6-7,9,11-13,15,17-19,21,23-24,29-79H2,1-5H3/b10-8-,16-14-,22-20-,27-25-,28-26-. The molecule has 0 aliphatic carbocycles. The van der Waals surface area contributed by atoms with E-state index in [4.69, 9.17) is 18.9 Å². The minimum atomic E-state index is -1.62. The van der Waals surface area contributed by atoms with E-state index in [1.807, 2.05) is 21.1 Å². The van der Waals surface area contributed by atoms with Crippen LogP contribution >= 0.6 is 0 Å². The van der Waals surface area contributed by atoms with Crippen molar-refractivity contribution < 1.29 is 42.9 Å². The average molecular weight is 1310 g/mol. The van der Waals surface area contributed by atoms with Crippen LogP contribution in [0, 0.1) is 0 Å². The molecule has 0 aromatic heterocycles. The Morgan fingerprint density at radius 3 is 0.925 bits per heavy atom. The Bertz CT molecular complexity index is 1710. The normalized spacial score (nSPS) is 12.9. The van der Waals surface area contributed by atoms with Gasteiger partial charge in [-0.15, -0.1) is 0 Å². The van der Waals surface area contributed by atoms with Gasteiger partial charge < -0.3 is 33.3 Å². The summed E-state index contributed by atoms with van der Waals surface area (Å²) in [5, 5.41) is 11.9. The molecule has 0 heterocycles. The molecule has 544 valence electrons. The van der Waals surface area contributed by atoms with E-state index >= 15 is 0 Å². The average Bonchev–Trinajstić information content (AvgIpc) is 3.38. The van der Waals surface area contributed by atoms with Crippen LogP contribution in [0.3, 0.4) is 0 Å². The van der Waals surface area contributed by atoms with Crippen molar-refractivity contribution in [1.29, 1.82) is 0 Å². The zero-order chi connectivity index (χ0) is 67.5. The fourth-order valence-corrected chi connectivity index (χ4v) is 12.1. The Morgan fingerprint density at radius 2 is 0.613 bits per heavy atom. The van der Waals surface area contributed by atoms with E-state index in [1.54, 1.807) is 0 Å². The van der Waals surface area contributed by atoms with Gasteiger partial charge in [-0.1, -0.05) is 370 Å². The number of carboxylic acids is 1. The quantitative estimate of drug-likeness (QED) is 0.0195. The number of rotatable bonds is 76. The zero-order valence-electron chi connectivity index (χ0n) is 62.4. The van der Waals surface area contributed by atoms with Gasteiger partial charge in [0.1, 0.15) is 13.2 Å². The van der Waals surface area contributed by atoms with Gasteiger partial charge >= 0.3 is 11.9 Å². The number of aliphatic carboxylic acids is 1. The summed E-state index contributed by atoms with van der Waals surface area (Å²) in [6.45, 7) is 4.71. The fraction of sp³-hybridized carbons (Fsp3) is 0.845. The van der Waals surface area contributed by atoms with Gasteiger partial charge in [-0.05, 0) is 77.0 Å². The molecule has 0 spiro atoms. The molecular weight excluding hydrogens is 1150 g/mol. The van der Waals surface area contributed by atoms with E-state index in [9.17, 15) is 19.5 Å². The molecule has 2 atom stereocenters. The van der Waals surface area contributed by atoms with Crippen molar-refractivity contribution in [2.45, 2.75) is 411 Å². The number of quaternary nitrogens is 1. The summed E-state index contributed by atoms with van der Waals surface area (Å²) >= 11 is 0. The maximum Gasteiger partial charge on any atom is 0.306 e. The molecule has 0 rings (SSSR count). The first-order valence-electron chi connectivity index (χ1n) is 40.4. The first kappa shape index (κ1) is 90.0. The number of nitrogens with zero attached hydrogens (tertiary/aromatic N) is 1. The molecule has 0 bridgehead atoms. The lowest BCUT2D eigenvalue weighted by molar-refractivity contribution is -0.870. The summed E-state index contributed by atoms with van der Waals surface area (Å²) < 4.78 is 22.9. The highest BCUT2D eigenvalue weighted by molar-refractivity contribution is 5.70. The number of ether oxygens (including phenoxy) is 4. The topological polar surface area (TPSA) is 111 Å². The third-order valence-corrected chi connectivity index (χ3v) is 18.2. The van der Waals surface area contributed by atoms with Crippen LogP contribution in [0.5, 0.6) is 0 Å². The first-order chi connectivity index (χ1) is 45.6. The van der Waals surface area contributed by atoms with E-state index in [0.29, 0.717) is 17.4 Å². The van der Waals surface area contributed by atoms with Crippen LogP contribution in [-0.4, -0.2) is 82.3 Å². The summed E-state index contributed by atoms with van der Waals surface area (Å²) in [6.07, 6.45) is 96.4. The van der Waals surface area contributed by atoms with Crippen LogP contribution in [0.1, 0.15) is 399 Å². The van der Waals surface area contributed by atoms with E-state index in [0.717, 1.165) is 64.2 Å². The lowest BCUT2D eigenvalue weighted by Gasteiger charge is -2.26. The molecular formula is C84H155NO8. The minimum absolute atomic E-state index is 0.150. The highest BCUT2D eigenvalue weighted by atomic mass is 16.7. The van der Waals surface area contributed by atoms with Crippen molar-refractivity contribution >= 4 is 17.9 Å². The molecule has 0 amide bonds. The van der Waals surface area contributed by atoms with Crippen LogP contribution in [0.25, 0.3) is 0 Å². The maximum absolute atomic E-state index is 13.0. The zero-order valence-corrected chi connectivity index (χ0v) is 62.4. The van der Waals surface area contributed by atoms with Gasteiger partial charge in [0.2, 0.25) is 0 Å². The van der Waals surface area contributed by atoms with Gasteiger partial charge in [0, 0.05) is 12.8 Å². The molecule has 0 radical (unpaired) electrons. The Labute approximate surface area is 577 Å². The minimum Gasteiger partial charge on any atom is -0.545 e. The molecule has 9 heteroatoms. The molecule has 0 saturated heterocycles. The third-order valence-electron chi connectivity index (χ3n) is 18.2. The van der Waals surface area contributed by atoms with Crippen LogP contribution in [0.4, 0.5) is 0 Å². The summed E-state index contributed by atoms with van der Waals surface area (Å²) in [5.74, 6) is -2.25. The second-order valence-electron chi connectivity index (χ2n) is 28.7. The highest BCUT2D eigenvalue weighted by Crippen LogP contribution is 2.20. The van der Waals surface area contributed by atoms with E-state index < -0.39 is 24.3 Å². The lowest BCUT2D eigenvalue weighted by atomic mass is 10.0. The van der Waals surface area contributed by atoms with Crippen molar-refractivity contribution in [2.75, 3.05) is 47.5 Å². The van der Waals surface area contributed by atoms with Crippen LogP contribution in [0.2, 0.25) is 0 Å². The number of unbranched alkanes of at least 4 members (excludes halogenated alkanes) is 51. The number of hydrogen-bond acceptors (Lipinski definition) is 8. The van der Waals surface area contributed by atoms with Crippen molar-refractivity contribution in [2.24, 2.45) is 0 Å². The van der Waals surface area contributed by atoms with E-state index in [2.05, 4.69) is 74.6 Å². The highest BCUT2D eigenvalue weighted by Gasteiger charge is 2.22. The van der Waals surface area contributed by atoms with Crippen LogP contribution < -0.4 is 5.11 Å². The number of esters is 2. The van der Waals surface area contributed by atoms with Gasteiger partial charge in [-0.25, -0.2) is 0 Å². The predicted octanol–water partition coefficient (Wildman–Crippen LogP) is 24.5. The summed E-state index contributed by atoms with van der Waals surface area (Å²) in [5.41, 5.74) is 0. The summed E-state index contributed by atoms with van der Waals surface area (Å²) in [4.78, 5) is 37.6. The molecule has 93 heavy (non-hydrogen) atoms. The van der Waals surface area contributed by atoms with Gasteiger partial charge in [-0.2, -0.15) is 0 Å². The lowest BCUT2D eigenvalue weighted by Crippen LogP contribution is -2.44. The molecule has 2 unspecified atom stereocenters. The molecule has 0 saturated carbocycles. The van der Waals surface area contributed by atoms with E-state index in [-0.39, 0.29) is 32.2 Å².